The van der Waals surface area contributed by atoms with E-state index in [4.69, 9.17) is 42.8 Å². The Hall–Kier alpha value is -3.96. The van der Waals surface area contributed by atoms with E-state index in [1.165, 1.54) is 11.8 Å². The van der Waals surface area contributed by atoms with Crippen LogP contribution in [-0.2, 0) is 17.2 Å². The number of aromatic nitrogens is 3. The van der Waals surface area contributed by atoms with Crippen molar-refractivity contribution in [3.63, 3.8) is 0 Å². The van der Waals surface area contributed by atoms with Gasteiger partial charge in [0, 0.05) is 27.2 Å². The molecule has 12 heteroatoms. The van der Waals surface area contributed by atoms with Crippen molar-refractivity contribution in [1.82, 2.24) is 14.8 Å². The first-order valence-electron chi connectivity index (χ1n) is 15.6. The fraction of sp³-hybridized carbons (Fsp3) is 0.216. The Balaban J connectivity index is 1.39. The average Bonchev–Trinajstić information content (AvgIpc) is 3.47. The van der Waals surface area contributed by atoms with Crippen LogP contribution in [0.25, 0.3) is 0 Å². The van der Waals surface area contributed by atoms with Gasteiger partial charge in [0.2, 0.25) is 11.1 Å². The van der Waals surface area contributed by atoms with Gasteiger partial charge in [-0.1, -0.05) is 83.0 Å². The van der Waals surface area contributed by atoms with E-state index in [0.717, 1.165) is 33.5 Å². The first kappa shape index (κ1) is 34.9. The van der Waals surface area contributed by atoms with E-state index >= 15 is 0 Å². The normalized spacial score (nSPS) is 13.9. The number of benzene rings is 4. The third kappa shape index (κ3) is 7.94. The maximum Gasteiger partial charge on any atom is 0.255 e. The highest BCUT2D eigenvalue weighted by atomic mass is 79.9. The fourth-order valence-electron chi connectivity index (χ4n) is 5.58. The first-order valence-corrected chi connectivity index (χ1v) is 18.2. The number of nitrogens with one attached hydrogen (secondary N) is 2. The largest absolute Gasteiger partial charge is 0.490 e. The molecule has 1 atom stereocenters. The van der Waals surface area contributed by atoms with Crippen LogP contribution >= 0.6 is 50.9 Å². The zero-order valence-corrected chi connectivity index (χ0v) is 31.2. The number of aryl methyl sites for hydroxylation is 2. The molecule has 0 aliphatic carbocycles. The summed E-state index contributed by atoms with van der Waals surface area (Å²) >= 11 is 17.7. The van der Waals surface area contributed by atoms with Crippen molar-refractivity contribution in [3.8, 4) is 11.5 Å². The van der Waals surface area contributed by atoms with E-state index < -0.39 is 6.04 Å². The summed E-state index contributed by atoms with van der Waals surface area (Å²) in [5.74, 6) is 1.92. The van der Waals surface area contributed by atoms with E-state index in [0.29, 0.717) is 67.4 Å². The van der Waals surface area contributed by atoms with E-state index in [-0.39, 0.29) is 5.91 Å². The summed E-state index contributed by atoms with van der Waals surface area (Å²) in [6.07, 6.45) is 0. The van der Waals surface area contributed by atoms with Gasteiger partial charge in [0.1, 0.15) is 12.6 Å². The first-order chi connectivity index (χ1) is 23.6. The van der Waals surface area contributed by atoms with Crippen molar-refractivity contribution >= 4 is 68.4 Å². The smallest absolute Gasteiger partial charge is 0.255 e. The van der Waals surface area contributed by atoms with E-state index in [1.807, 2.05) is 107 Å². The number of rotatable bonds is 11. The standard InChI is InChI=1S/C37H34BrCl2N5O3S/c1-5-47-31-18-26(17-28(38)34(31)48-19-24-11-13-27(39)14-12-24)33-32(35(46)42-30-15-10-21(2)16-22(30)3)23(4)41-36-43-37(44-45(33)36)49-20-25-8-6-7-9-29(25)40/h6-18,33H,5,19-20H2,1-4H3,(H,42,46)(H,41,43,44). The van der Waals surface area contributed by atoms with Crippen LogP contribution < -0.4 is 20.1 Å². The molecule has 1 aliphatic rings. The molecule has 0 radical (unpaired) electrons. The van der Waals surface area contributed by atoms with Crippen molar-refractivity contribution < 1.29 is 14.3 Å². The number of nitrogens with zero attached hydrogens (tertiary/aromatic N) is 3. The number of allylic oxidation sites excluding steroid dienone is 1. The monoisotopic (exact) mass is 777 g/mol. The second kappa shape index (κ2) is 15.3. The lowest BCUT2D eigenvalue weighted by atomic mass is 9.94. The van der Waals surface area contributed by atoms with Gasteiger partial charge >= 0.3 is 0 Å². The van der Waals surface area contributed by atoms with Crippen LogP contribution in [0.3, 0.4) is 0 Å². The van der Waals surface area contributed by atoms with Gasteiger partial charge in [-0.2, -0.15) is 4.98 Å². The molecule has 1 aromatic heterocycles. The van der Waals surface area contributed by atoms with Gasteiger partial charge < -0.3 is 20.1 Å². The Morgan fingerprint density at radius 3 is 2.53 bits per heavy atom. The molecule has 1 unspecified atom stereocenters. The van der Waals surface area contributed by atoms with Crippen LogP contribution in [0.2, 0.25) is 10.0 Å². The zero-order valence-electron chi connectivity index (χ0n) is 27.3. The van der Waals surface area contributed by atoms with Gasteiger partial charge in [-0.3, -0.25) is 4.79 Å². The number of hydrogen-bond donors (Lipinski definition) is 2. The Labute approximate surface area is 308 Å². The second-order valence-corrected chi connectivity index (χ2v) is 14.2. The van der Waals surface area contributed by atoms with E-state index in [9.17, 15) is 4.79 Å². The van der Waals surface area contributed by atoms with Crippen molar-refractivity contribution in [2.24, 2.45) is 0 Å². The van der Waals surface area contributed by atoms with E-state index in [1.54, 1.807) is 4.68 Å². The number of carbonyl (C=O) groups excluding carboxylic acids is 1. The van der Waals surface area contributed by atoms with Gasteiger partial charge in [-0.05, 0) is 102 Å². The Morgan fingerprint density at radius 2 is 1.80 bits per heavy atom. The number of amides is 1. The molecule has 2 heterocycles. The molecule has 5 aromatic rings. The summed E-state index contributed by atoms with van der Waals surface area (Å²) in [6, 6.07) is 24.3. The van der Waals surface area contributed by atoms with Crippen LogP contribution in [0.15, 0.2) is 99.8 Å². The molecule has 4 aromatic carbocycles. The molecule has 8 nitrogen and oxygen atoms in total. The third-order valence-corrected chi connectivity index (χ3v) is 10.1. The predicted molar refractivity (Wildman–Crippen MR) is 201 cm³/mol. The Morgan fingerprint density at radius 1 is 1.02 bits per heavy atom. The number of fused-ring (bicyclic) bond motifs is 1. The maximum absolute atomic E-state index is 14.2. The van der Waals surface area contributed by atoms with Crippen molar-refractivity contribution in [1.29, 1.82) is 0 Å². The van der Waals surface area contributed by atoms with Crippen molar-refractivity contribution in [2.45, 2.75) is 51.3 Å². The summed E-state index contributed by atoms with van der Waals surface area (Å²) in [4.78, 5) is 19.1. The maximum atomic E-state index is 14.2. The van der Waals surface area contributed by atoms with E-state index in [2.05, 4.69) is 26.6 Å². The highest BCUT2D eigenvalue weighted by Gasteiger charge is 2.36. The number of anilines is 2. The number of thioether (sulfide) groups is 1. The van der Waals surface area contributed by atoms with Crippen molar-refractivity contribution in [3.05, 3.63) is 132 Å². The molecular weight excluding hydrogens is 745 g/mol. The average molecular weight is 780 g/mol. The lowest BCUT2D eigenvalue weighted by molar-refractivity contribution is -0.113. The molecule has 0 saturated carbocycles. The summed E-state index contributed by atoms with van der Waals surface area (Å²) in [5, 5.41) is 13.3. The second-order valence-electron chi connectivity index (χ2n) is 11.6. The zero-order chi connectivity index (χ0) is 34.7. The summed E-state index contributed by atoms with van der Waals surface area (Å²) in [7, 11) is 0. The van der Waals surface area contributed by atoms with Crippen LogP contribution in [0, 0.1) is 13.8 Å². The predicted octanol–water partition coefficient (Wildman–Crippen LogP) is 10.2. The minimum atomic E-state index is -0.648. The summed E-state index contributed by atoms with van der Waals surface area (Å²) < 4.78 is 14.8. The quantitative estimate of drug-likeness (QED) is 0.129. The molecule has 0 saturated heterocycles. The molecule has 0 fully saturated rings. The molecule has 1 aliphatic heterocycles. The SMILES string of the molecule is CCOc1cc(C2C(C(=O)Nc3ccc(C)cc3C)=C(C)Nc3nc(SCc4ccccc4Cl)nn32)cc(Br)c1OCc1ccc(Cl)cc1. The fourth-order valence-corrected chi connectivity index (χ4v) is 7.40. The minimum Gasteiger partial charge on any atom is -0.490 e. The number of ether oxygens (including phenoxy) is 2. The van der Waals surface area contributed by atoms with Gasteiger partial charge in [-0.15, -0.1) is 5.10 Å². The number of halogens is 3. The number of carbonyl (C=O) groups is 1. The molecule has 0 bridgehead atoms. The highest BCUT2D eigenvalue weighted by Crippen LogP contribution is 2.44. The topological polar surface area (TPSA) is 90.3 Å². The molecule has 252 valence electrons. The Kier molecular flexibility index (Phi) is 10.9. The van der Waals surface area contributed by atoms with Crippen LogP contribution in [0.1, 0.15) is 47.7 Å². The molecule has 49 heavy (non-hydrogen) atoms. The molecule has 0 spiro atoms. The molecule has 1 amide bonds. The van der Waals surface area contributed by atoms with Crippen molar-refractivity contribution in [2.75, 3.05) is 17.2 Å². The Bertz CT molecular complexity index is 2050. The van der Waals surface area contributed by atoms with Gasteiger partial charge in [-0.25, -0.2) is 4.68 Å². The third-order valence-electron chi connectivity index (χ3n) is 7.97. The molecular formula is C37H34BrCl2N5O3S. The summed E-state index contributed by atoms with van der Waals surface area (Å²) in [6.45, 7) is 8.51. The molecule has 6 rings (SSSR count). The van der Waals surface area contributed by atoms with Gasteiger partial charge in [0.05, 0.1) is 16.7 Å². The minimum absolute atomic E-state index is 0.259. The van der Waals surface area contributed by atoms with Crippen LogP contribution in [0.5, 0.6) is 11.5 Å². The summed E-state index contributed by atoms with van der Waals surface area (Å²) in [5.41, 5.74) is 6.66. The lowest BCUT2D eigenvalue weighted by Gasteiger charge is -2.29. The van der Waals surface area contributed by atoms with Crippen LogP contribution in [0.4, 0.5) is 11.6 Å². The van der Waals surface area contributed by atoms with Crippen LogP contribution in [-0.4, -0.2) is 27.3 Å². The van der Waals surface area contributed by atoms with Gasteiger partial charge in [0.15, 0.2) is 11.5 Å². The molecule has 2 N–H and O–H groups in total. The van der Waals surface area contributed by atoms with Gasteiger partial charge in [0.25, 0.3) is 5.91 Å². The highest BCUT2D eigenvalue weighted by molar-refractivity contribution is 9.10. The lowest BCUT2D eigenvalue weighted by Crippen LogP contribution is -2.31. The number of hydrogen-bond acceptors (Lipinski definition) is 7.